The maximum absolute atomic E-state index is 10.9. The Hall–Kier alpha value is -0.300. The molecule has 5 aliphatic carbocycles. The molecule has 5 rings (SSSR count). The Bertz CT molecular complexity index is 779. The average molecular weight is 441 g/mol. The van der Waals surface area contributed by atoms with Crippen molar-refractivity contribution in [3.05, 3.63) is 12.2 Å². The van der Waals surface area contributed by atoms with Gasteiger partial charge in [-0.05, 0) is 127 Å². The van der Waals surface area contributed by atoms with E-state index in [2.05, 4.69) is 55.0 Å². The summed E-state index contributed by atoms with van der Waals surface area (Å²) in [6.07, 6.45) is 15.0. The Morgan fingerprint density at radius 3 is 2.19 bits per heavy atom. The fourth-order valence-corrected chi connectivity index (χ4v) is 11.2. The standard InChI is InChI=1S/C31H52O/c1-20(2)21(3)9-10-22(4)23-13-15-29(8)25-12-11-24-27(5,6)26(32)14-16-30(24)19-31(25,30)18-17-28(23,29)7/h20,22-26,32H,3,9-19H2,1-2,4-8H3/t22-,23-,24?,25+,26?,28-,29+,30-,31?/m1/s1. The van der Waals surface area contributed by atoms with Crippen LogP contribution in [-0.4, -0.2) is 11.2 Å². The van der Waals surface area contributed by atoms with Crippen LogP contribution in [0.5, 0.6) is 0 Å². The third kappa shape index (κ3) is 2.73. The molecular weight excluding hydrogens is 388 g/mol. The van der Waals surface area contributed by atoms with Gasteiger partial charge in [-0.25, -0.2) is 0 Å². The van der Waals surface area contributed by atoms with Gasteiger partial charge in [0.1, 0.15) is 0 Å². The lowest BCUT2D eigenvalue weighted by atomic mass is 9.41. The topological polar surface area (TPSA) is 20.2 Å². The van der Waals surface area contributed by atoms with Crippen molar-refractivity contribution in [3.8, 4) is 0 Å². The smallest absolute Gasteiger partial charge is 0.0594 e. The molecule has 0 aromatic rings. The maximum Gasteiger partial charge on any atom is 0.0594 e. The SMILES string of the molecule is C=C(CC[C@@H](C)[C@H]1CC[C@@]2(C)[C@@H]3CCC4C(C)(C)C(O)CC[C@@]45CC35CC[C@]12C)C(C)C. The van der Waals surface area contributed by atoms with Crippen molar-refractivity contribution >= 4 is 0 Å². The van der Waals surface area contributed by atoms with Crippen molar-refractivity contribution in [1.29, 1.82) is 0 Å². The van der Waals surface area contributed by atoms with Crippen LogP contribution in [0.1, 0.15) is 119 Å². The maximum atomic E-state index is 10.9. The summed E-state index contributed by atoms with van der Waals surface area (Å²) in [6.45, 7) is 21.8. The molecule has 1 N–H and O–H groups in total. The number of allylic oxidation sites excluding steroid dienone is 1. The number of aliphatic hydroxyl groups is 1. The molecule has 182 valence electrons. The average Bonchev–Trinajstić information content (AvgIpc) is 3.31. The van der Waals surface area contributed by atoms with Crippen LogP contribution in [0, 0.1) is 56.7 Å². The van der Waals surface area contributed by atoms with Crippen LogP contribution >= 0.6 is 0 Å². The molecule has 3 unspecified atom stereocenters. The second kappa shape index (κ2) is 7.11. The first kappa shape index (κ1) is 23.4. The number of fused-ring (bicyclic) bond motifs is 2. The van der Waals surface area contributed by atoms with Crippen LogP contribution < -0.4 is 0 Å². The van der Waals surface area contributed by atoms with Gasteiger partial charge in [-0.15, -0.1) is 0 Å². The Morgan fingerprint density at radius 2 is 1.50 bits per heavy atom. The largest absolute Gasteiger partial charge is 0.393 e. The molecule has 5 aliphatic rings. The third-order valence-corrected chi connectivity index (χ3v) is 13.6. The summed E-state index contributed by atoms with van der Waals surface area (Å²) in [5.41, 5.74) is 3.79. The first-order valence-corrected chi connectivity index (χ1v) is 14.2. The summed E-state index contributed by atoms with van der Waals surface area (Å²) in [6, 6.07) is 0. The zero-order valence-corrected chi connectivity index (χ0v) is 22.4. The van der Waals surface area contributed by atoms with E-state index in [1.165, 1.54) is 69.8 Å². The molecule has 0 radical (unpaired) electrons. The number of aliphatic hydroxyl groups excluding tert-OH is 1. The molecule has 32 heavy (non-hydrogen) atoms. The summed E-state index contributed by atoms with van der Waals surface area (Å²) in [4.78, 5) is 0. The monoisotopic (exact) mass is 440 g/mol. The fraction of sp³-hybridized carbons (Fsp3) is 0.935. The molecule has 0 saturated heterocycles. The lowest BCUT2D eigenvalue weighted by Gasteiger charge is -2.63. The van der Waals surface area contributed by atoms with Crippen molar-refractivity contribution < 1.29 is 5.11 Å². The van der Waals surface area contributed by atoms with Crippen molar-refractivity contribution in [2.24, 2.45) is 56.7 Å². The first-order chi connectivity index (χ1) is 14.9. The van der Waals surface area contributed by atoms with Crippen molar-refractivity contribution in [2.75, 3.05) is 0 Å². The highest BCUT2D eigenvalue weighted by molar-refractivity contribution is 5.30. The number of hydrogen-bond donors (Lipinski definition) is 1. The predicted octanol–water partition coefficient (Wildman–Crippen LogP) is 8.41. The summed E-state index contributed by atoms with van der Waals surface area (Å²) >= 11 is 0. The van der Waals surface area contributed by atoms with Gasteiger partial charge in [-0.1, -0.05) is 60.6 Å². The zero-order valence-electron chi connectivity index (χ0n) is 22.4. The molecule has 1 heteroatoms. The molecule has 0 aromatic heterocycles. The fourth-order valence-electron chi connectivity index (χ4n) is 11.2. The van der Waals surface area contributed by atoms with Crippen LogP contribution in [0.15, 0.2) is 12.2 Å². The van der Waals surface area contributed by atoms with Gasteiger partial charge in [0.2, 0.25) is 0 Å². The summed E-state index contributed by atoms with van der Waals surface area (Å²) in [5, 5.41) is 10.9. The van der Waals surface area contributed by atoms with Crippen LogP contribution in [0.4, 0.5) is 0 Å². The van der Waals surface area contributed by atoms with Gasteiger partial charge in [0, 0.05) is 0 Å². The molecule has 9 atom stereocenters. The third-order valence-electron chi connectivity index (χ3n) is 13.6. The van der Waals surface area contributed by atoms with Gasteiger partial charge in [-0.2, -0.15) is 0 Å². The quantitative estimate of drug-likeness (QED) is 0.425. The van der Waals surface area contributed by atoms with Crippen molar-refractivity contribution in [2.45, 2.75) is 125 Å². The van der Waals surface area contributed by atoms with Gasteiger partial charge >= 0.3 is 0 Å². The minimum absolute atomic E-state index is 0.0888. The highest BCUT2D eigenvalue weighted by Crippen LogP contribution is 2.89. The van der Waals surface area contributed by atoms with E-state index in [4.69, 9.17) is 0 Å². The van der Waals surface area contributed by atoms with E-state index in [-0.39, 0.29) is 11.5 Å². The molecule has 0 heterocycles. The van der Waals surface area contributed by atoms with Gasteiger partial charge in [0.15, 0.2) is 0 Å². The van der Waals surface area contributed by atoms with E-state index in [1.807, 2.05) is 0 Å². The Balaban J connectivity index is 1.39. The molecule has 1 nitrogen and oxygen atoms in total. The second-order valence-corrected chi connectivity index (χ2v) is 14.9. The Kier molecular flexibility index (Phi) is 5.21. The lowest BCUT2D eigenvalue weighted by Crippen LogP contribution is -2.57. The highest BCUT2D eigenvalue weighted by atomic mass is 16.3. The second-order valence-electron chi connectivity index (χ2n) is 14.9. The van der Waals surface area contributed by atoms with Gasteiger partial charge in [-0.3, -0.25) is 0 Å². The molecular formula is C31H52O. The van der Waals surface area contributed by atoms with Crippen LogP contribution in [0.25, 0.3) is 0 Å². The molecule has 0 amide bonds. The van der Waals surface area contributed by atoms with Gasteiger partial charge in [0.25, 0.3) is 0 Å². The minimum Gasteiger partial charge on any atom is -0.393 e. The normalized spacial score (nSPS) is 51.9. The van der Waals surface area contributed by atoms with Crippen LogP contribution in [0.2, 0.25) is 0 Å². The Labute approximate surface area is 199 Å². The number of rotatable bonds is 5. The summed E-state index contributed by atoms with van der Waals surface area (Å²) in [7, 11) is 0. The predicted molar refractivity (Wildman–Crippen MR) is 135 cm³/mol. The molecule has 5 fully saturated rings. The van der Waals surface area contributed by atoms with Crippen LogP contribution in [-0.2, 0) is 0 Å². The van der Waals surface area contributed by atoms with E-state index in [9.17, 15) is 5.11 Å². The van der Waals surface area contributed by atoms with Crippen molar-refractivity contribution in [3.63, 3.8) is 0 Å². The summed E-state index contributed by atoms with van der Waals surface area (Å²) in [5.74, 6) is 4.02. The number of hydrogen-bond acceptors (Lipinski definition) is 1. The molecule has 5 saturated carbocycles. The van der Waals surface area contributed by atoms with E-state index in [0.717, 1.165) is 30.1 Å². The van der Waals surface area contributed by atoms with Crippen LogP contribution in [0.3, 0.4) is 0 Å². The first-order valence-electron chi connectivity index (χ1n) is 14.2. The van der Waals surface area contributed by atoms with E-state index < -0.39 is 0 Å². The van der Waals surface area contributed by atoms with E-state index >= 15 is 0 Å². The zero-order chi connectivity index (χ0) is 23.3. The highest BCUT2D eigenvalue weighted by Gasteiger charge is 2.82. The van der Waals surface area contributed by atoms with E-state index in [1.54, 1.807) is 0 Å². The van der Waals surface area contributed by atoms with Gasteiger partial charge < -0.3 is 5.11 Å². The van der Waals surface area contributed by atoms with Crippen molar-refractivity contribution in [1.82, 2.24) is 0 Å². The summed E-state index contributed by atoms with van der Waals surface area (Å²) < 4.78 is 0. The minimum atomic E-state index is -0.0888. The molecule has 0 aliphatic heterocycles. The molecule has 2 spiro atoms. The van der Waals surface area contributed by atoms with Gasteiger partial charge in [0.05, 0.1) is 6.10 Å². The Morgan fingerprint density at radius 1 is 0.844 bits per heavy atom. The molecule has 0 aromatic carbocycles. The molecule has 0 bridgehead atoms. The van der Waals surface area contributed by atoms with E-state index in [0.29, 0.717) is 27.6 Å². The lowest BCUT2D eigenvalue weighted by molar-refractivity contribution is -0.161.